The van der Waals surface area contributed by atoms with E-state index < -0.39 is 5.41 Å². The van der Waals surface area contributed by atoms with Crippen LogP contribution in [0.2, 0.25) is 0 Å². The maximum absolute atomic E-state index is 7.06. The Labute approximate surface area is 492 Å². The molecule has 18 rings (SSSR count). The molecule has 0 N–H and O–H groups in total. The normalized spacial score (nSPS) is 17.4. The van der Waals surface area contributed by atoms with Crippen molar-refractivity contribution < 1.29 is 8.83 Å². The Bertz CT molecular complexity index is 5420. The highest BCUT2D eigenvalue weighted by Crippen LogP contribution is 2.65. The van der Waals surface area contributed by atoms with Crippen LogP contribution < -0.4 is 9.80 Å². The van der Waals surface area contributed by atoms with E-state index in [0.29, 0.717) is 5.92 Å². The number of fused-ring (bicyclic) bond motifs is 21. The average molecular weight is 1090 g/mol. The molecule has 0 radical (unpaired) electrons. The van der Waals surface area contributed by atoms with Gasteiger partial charge < -0.3 is 23.2 Å². The lowest BCUT2D eigenvalue weighted by atomic mass is 9.63. The molecule has 85 heavy (non-hydrogen) atoms. The summed E-state index contributed by atoms with van der Waals surface area (Å²) in [5.74, 6) is 0.593. The smallest absolute Gasteiger partial charge is 0.159 e. The third-order valence-corrected chi connectivity index (χ3v) is 19.4. The Morgan fingerprint density at radius 3 is 1.76 bits per heavy atom. The van der Waals surface area contributed by atoms with Crippen molar-refractivity contribution in [3.63, 3.8) is 0 Å². The van der Waals surface area contributed by atoms with Crippen LogP contribution in [0.15, 0.2) is 263 Å². The van der Waals surface area contributed by atoms with Gasteiger partial charge in [-0.05, 0) is 167 Å². The van der Waals surface area contributed by atoms with Crippen LogP contribution in [-0.4, -0.2) is 4.57 Å². The molecule has 0 amide bonds. The first kappa shape index (κ1) is 48.2. The van der Waals surface area contributed by atoms with Crippen molar-refractivity contribution in [2.45, 2.75) is 40.0 Å². The number of furan rings is 2. The molecule has 4 heterocycles. The van der Waals surface area contributed by atoms with Crippen LogP contribution in [0.4, 0.5) is 34.1 Å². The lowest BCUT2D eigenvalue weighted by Crippen LogP contribution is -2.35. The van der Waals surface area contributed by atoms with E-state index in [0.717, 1.165) is 94.3 Å². The van der Waals surface area contributed by atoms with E-state index in [1.165, 1.54) is 83.2 Å². The van der Waals surface area contributed by atoms with Crippen LogP contribution in [-0.2, 0) is 5.41 Å². The zero-order chi connectivity index (χ0) is 56.6. The monoisotopic (exact) mass is 1090 g/mol. The fourth-order valence-electron chi connectivity index (χ4n) is 15.8. The van der Waals surface area contributed by atoms with Crippen LogP contribution in [0.3, 0.4) is 0 Å². The molecule has 3 aromatic heterocycles. The molecule has 0 fully saturated rings. The van der Waals surface area contributed by atoms with E-state index in [-0.39, 0.29) is 5.92 Å². The van der Waals surface area contributed by atoms with Crippen LogP contribution >= 0.6 is 0 Å². The molecule has 5 heteroatoms. The zero-order valence-electron chi connectivity index (χ0n) is 47.9. The number of aromatic nitrogens is 1. The van der Waals surface area contributed by atoms with Crippen molar-refractivity contribution in [2.24, 2.45) is 11.8 Å². The van der Waals surface area contributed by atoms with E-state index in [9.17, 15) is 0 Å². The average Bonchev–Trinajstić information content (AvgIpc) is 1.56. The summed E-state index contributed by atoms with van der Waals surface area (Å²) in [6.07, 6.45) is 12.1. The van der Waals surface area contributed by atoms with E-state index in [1.54, 1.807) is 0 Å². The van der Waals surface area contributed by atoms with Crippen molar-refractivity contribution in [1.82, 2.24) is 4.57 Å². The number of allylic oxidation sites excluding steroid dienone is 8. The van der Waals surface area contributed by atoms with Crippen molar-refractivity contribution in [1.29, 1.82) is 0 Å². The Morgan fingerprint density at radius 1 is 0.459 bits per heavy atom. The number of nitrogens with zero attached hydrogens (tertiary/aromatic N) is 3. The first-order valence-electron chi connectivity index (χ1n) is 29.8. The van der Waals surface area contributed by atoms with Crippen LogP contribution in [0.5, 0.6) is 0 Å². The van der Waals surface area contributed by atoms with Gasteiger partial charge in [0.05, 0.1) is 33.5 Å². The van der Waals surface area contributed by atoms with Gasteiger partial charge in [-0.25, -0.2) is 0 Å². The Balaban J connectivity index is 1.01. The summed E-state index contributed by atoms with van der Waals surface area (Å²) >= 11 is 0. The minimum atomic E-state index is -0.749. The SMILES string of the molecule is Cc1ccc(N(c2ccc3c(c2)c2cc(N(c4ccc(C)cc4C)c4cccc5c4oc4ccccc45)cc4c2n3-c2ccccc2C42C3=C(C4=CC=CC(C)C4C=C3)c3c2ccc2ccccc32)c2cccc3c2oc2ccccc23)c(C)c1. The molecular formula is C80H57N3O2. The van der Waals surface area contributed by atoms with Gasteiger partial charge in [0, 0.05) is 61.0 Å². The summed E-state index contributed by atoms with van der Waals surface area (Å²) in [5, 5.41) is 9.20. The fourth-order valence-corrected chi connectivity index (χ4v) is 15.8. The molecule has 404 valence electrons. The molecule has 14 aromatic rings. The van der Waals surface area contributed by atoms with Crippen LogP contribution in [0, 0.1) is 39.5 Å². The van der Waals surface area contributed by atoms with Gasteiger partial charge in [0.1, 0.15) is 11.2 Å². The standard InChI is InChI=1S/C80H57N3O2/c1-46-31-38-67(49(4)41-46)81(71-27-15-23-59-56-20-8-12-29-73(56)84-78(59)71)52-34-40-69-61(43-52)62-44-53(82(68-39-32-47(2)42-50(68)5)72-28-16-24-60-57-21-9-13-30-74(57)85-79(60)72)45-66-77(62)83(69)70-26-11-10-25-63(70)80(66)64-36-33-51-18-6-7-19-55(51)75(64)76-58-22-14-17-48(3)54(58)35-37-65(76)80/h6-45,48,54H,1-5H3. The third kappa shape index (κ3) is 6.53. The molecule has 0 saturated heterocycles. The van der Waals surface area contributed by atoms with E-state index in [2.05, 4.69) is 292 Å². The molecule has 3 atom stereocenters. The number of rotatable bonds is 6. The third-order valence-electron chi connectivity index (χ3n) is 19.4. The number of para-hydroxylation sites is 5. The minimum Gasteiger partial charge on any atom is -0.454 e. The fraction of sp³-hybridized carbons (Fsp3) is 0.100. The van der Waals surface area contributed by atoms with Gasteiger partial charge >= 0.3 is 0 Å². The predicted molar refractivity (Wildman–Crippen MR) is 353 cm³/mol. The van der Waals surface area contributed by atoms with Crippen LogP contribution in [0.25, 0.3) is 87.7 Å². The van der Waals surface area contributed by atoms with Crippen molar-refractivity contribution in [3.05, 3.63) is 298 Å². The molecule has 4 aliphatic rings. The molecule has 3 aliphatic carbocycles. The highest BCUT2D eigenvalue weighted by atomic mass is 16.3. The summed E-state index contributed by atoms with van der Waals surface area (Å²) in [5.41, 5.74) is 26.4. The molecule has 3 unspecified atom stereocenters. The van der Waals surface area contributed by atoms with Gasteiger partial charge in [-0.15, -0.1) is 0 Å². The highest BCUT2D eigenvalue weighted by molar-refractivity contribution is 6.18. The summed E-state index contributed by atoms with van der Waals surface area (Å²) in [6, 6.07) is 79.2. The van der Waals surface area contributed by atoms with Crippen molar-refractivity contribution in [2.75, 3.05) is 9.80 Å². The summed E-state index contributed by atoms with van der Waals surface area (Å²) in [4.78, 5) is 4.92. The van der Waals surface area contributed by atoms with Gasteiger partial charge in [-0.3, -0.25) is 0 Å². The summed E-state index contributed by atoms with van der Waals surface area (Å²) in [6.45, 7) is 11.2. The maximum atomic E-state index is 7.06. The van der Waals surface area contributed by atoms with E-state index >= 15 is 0 Å². The summed E-state index contributed by atoms with van der Waals surface area (Å²) < 4.78 is 16.6. The summed E-state index contributed by atoms with van der Waals surface area (Å²) in [7, 11) is 0. The topological polar surface area (TPSA) is 37.7 Å². The second kappa shape index (κ2) is 17.6. The quantitative estimate of drug-likeness (QED) is 0.166. The van der Waals surface area contributed by atoms with E-state index in [4.69, 9.17) is 8.83 Å². The Morgan fingerprint density at radius 2 is 1.07 bits per heavy atom. The number of aryl methyl sites for hydroxylation is 4. The lowest BCUT2D eigenvalue weighted by Gasteiger charge is -2.42. The van der Waals surface area contributed by atoms with Crippen LogP contribution in [0.1, 0.15) is 51.4 Å². The second-order valence-corrected chi connectivity index (χ2v) is 24.2. The molecule has 11 aromatic carbocycles. The van der Waals surface area contributed by atoms with Gasteiger partial charge in [0.25, 0.3) is 0 Å². The maximum Gasteiger partial charge on any atom is 0.159 e. The molecule has 1 aliphatic heterocycles. The second-order valence-electron chi connectivity index (χ2n) is 24.2. The molecule has 0 bridgehead atoms. The zero-order valence-corrected chi connectivity index (χ0v) is 47.9. The van der Waals surface area contributed by atoms with Gasteiger partial charge in [-0.1, -0.05) is 188 Å². The molecule has 5 nitrogen and oxygen atoms in total. The molecule has 0 saturated carbocycles. The number of hydrogen-bond donors (Lipinski definition) is 0. The molecular weight excluding hydrogens is 1030 g/mol. The van der Waals surface area contributed by atoms with Crippen molar-refractivity contribution >= 4 is 116 Å². The largest absolute Gasteiger partial charge is 0.454 e. The minimum absolute atomic E-state index is 0.246. The van der Waals surface area contributed by atoms with Gasteiger partial charge in [0.15, 0.2) is 11.2 Å². The first-order valence-corrected chi connectivity index (χ1v) is 29.8. The lowest BCUT2D eigenvalue weighted by molar-refractivity contribution is 0.583. The van der Waals surface area contributed by atoms with Gasteiger partial charge in [-0.2, -0.15) is 0 Å². The molecule has 1 spiro atoms. The van der Waals surface area contributed by atoms with Gasteiger partial charge in [0.2, 0.25) is 0 Å². The Hall–Kier alpha value is -10.4. The Kier molecular flexibility index (Phi) is 9.97. The number of hydrogen-bond acceptors (Lipinski definition) is 4. The predicted octanol–water partition coefficient (Wildman–Crippen LogP) is 21.6. The van der Waals surface area contributed by atoms with E-state index in [1.807, 2.05) is 0 Å². The number of benzene rings is 11. The van der Waals surface area contributed by atoms with Crippen molar-refractivity contribution in [3.8, 4) is 5.69 Å². The first-order chi connectivity index (χ1) is 41.7. The highest BCUT2D eigenvalue weighted by Gasteiger charge is 2.54. The number of anilines is 6.